The number of ether oxygens (including phenoxy) is 1. The van der Waals surface area contributed by atoms with Gasteiger partial charge in [-0.05, 0) is 31.7 Å². The third kappa shape index (κ3) is 5.33. The molecule has 0 atom stereocenters. The maximum atomic E-state index is 5.45. The van der Waals surface area contributed by atoms with Gasteiger partial charge in [0.1, 0.15) is 0 Å². The molecule has 2 nitrogen and oxygen atoms in total. The number of nitrogens with one attached hydrogen (secondary N) is 1. The Labute approximate surface area is 75.0 Å². The van der Waals surface area contributed by atoms with Crippen molar-refractivity contribution in [3.8, 4) is 0 Å². The first-order chi connectivity index (χ1) is 5.93. The first-order valence-electron chi connectivity index (χ1n) is 4.83. The minimum absolute atomic E-state index is 0.855. The third-order valence-electron chi connectivity index (χ3n) is 2.00. The Morgan fingerprint density at radius 1 is 1.42 bits per heavy atom. The highest BCUT2D eigenvalue weighted by Crippen LogP contribution is 2.28. The second kappa shape index (κ2) is 6.21. The summed E-state index contributed by atoms with van der Waals surface area (Å²) in [5.74, 6) is 0.887. The molecule has 1 aliphatic rings. The molecule has 0 bridgehead atoms. The summed E-state index contributed by atoms with van der Waals surface area (Å²) < 4.78 is 5.45. The van der Waals surface area contributed by atoms with Crippen molar-refractivity contribution in [3.63, 3.8) is 0 Å². The predicted octanol–water partition coefficient (Wildman–Crippen LogP) is 1.58. The Balaban J connectivity index is 1.67. The molecular formula is C10H19NO. The standard InChI is InChI=1S/C10H19NO/c1-2-3-6-11-7-8-12-9-10-4-5-10/h2,10-11H,1,3-9H2. The molecule has 0 heterocycles. The SMILES string of the molecule is C=CCCNCCOCC1CC1. The summed E-state index contributed by atoms with van der Waals surface area (Å²) in [4.78, 5) is 0. The van der Waals surface area contributed by atoms with E-state index in [4.69, 9.17) is 4.74 Å². The van der Waals surface area contributed by atoms with Crippen LogP contribution in [0.25, 0.3) is 0 Å². The van der Waals surface area contributed by atoms with Crippen molar-refractivity contribution in [1.82, 2.24) is 5.32 Å². The highest BCUT2D eigenvalue weighted by molar-refractivity contribution is 4.72. The molecule has 0 saturated heterocycles. The lowest BCUT2D eigenvalue weighted by atomic mass is 10.4. The van der Waals surface area contributed by atoms with Crippen LogP contribution in [0.5, 0.6) is 0 Å². The highest BCUT2D eigenvalue weighted by atomic mass is 16.5. The van der Waals surface area contributed by atoms with Crippen LogP contribution >= 0.6 is 0 Å². The topological polar surface area (TPSA) is 21.3 Å². The highest BCUT2D eigenvalue weighted by Gasteiger charge is 2.20. The normalized spacial score (nSPS) is 16.3. The second-order valence-electron chi connectivity index (χ2n) is 3.35. The van der Waals surface area contributed by atoms with Crippen LogP contribution in [-0.4, -0.2) is 26.3 Å². The van der Waals surface area contributed by atoms with Crippen molar-refractivity contribution in [1.29, 1.82) is 0 Å². The number of hydrogen-bond acceptors (Lipinski definition) is 2. The van der Waals surface area contributed by atoms with Crippen LogP contribution in [0.2, 0.25) is 0 Å². The zero-order chi connectivity index (χ0) is 8.65. The van der Waals surface area contributed by atoms with Gasteiger partial charge in [-0.2, -0.15) is 0 Å². The van der Waals surface area contributed by atoms with Crippen molar-refractivity contribution in [2.45, 2.75) is 19.3 Å². The zero-order valence-electron chi connectivity index (χ0n) is 7.72. The summed E-state index contributed by atoms with van der Waals surface area (Å²) in [6.45, 7) is 7.48. The van der Waals surface area contributed by atoms with Gasteiger partial charge in [0, 0.05) is 13.2 Å². The zero-order valence-corrected chi connectivity index (χ0v) is 7.72. The Morgan fingerprint density at radius 3 is 2.92 bits per heavy atom. The van der Waals surface area contributed by atoms with E-state index < -0.39 is 0 Å². The van der Waals surface area contributed by atoms with Crippen LogP contribution in [0.15, 0.2) is 12.7 Å². The summed E-state index contributed by atoms with van der Waals surface area (Å²) >= 11 is 0. The van der Waals surface area contributed by atoms with Crippen LogP contribution < -0.4 is 5.32 Å². The average Bonchev–Trinajstić information content (AvgIpc) is 2.87. The van der Waals surface area contributed by atoms with Gasteiger partial charge in [0.2, 0.25) is 0 Å². The third-order valence-corrected chi connectivity index (χ3v) is 2.00. The molecule has 1 aliphatic carbocycles. The summed E-state index contributed by atoms with van der Waals surface area (Å²) in [7, 11) is 0. The molecule has 0 spiro atoms. The van der Waals surface area contributed by atoms with Gasteiger partial charge in [0.05, 0.1) is 6.61 Å². The molecule has 0 radical (unpaired) electrons. The minimum Gasteiger partial charge on any atom is -0.380 e. The van der Waals surface area contributed by atoms with Gasteiger partial charge in [0.15, 0.2) is 0 Å². The van der Waals surface area contributed by atoms with Crippen molar-refractivity contribution < 1.29 is 4.74 Å². The molecule has 0 unspecified atom stereocenters. The quantitative estimate of drug-likeness (QED) is 0.440. The fourth-order valence-electron chi connectivity index (χ4n) is 1.01. The van der Waals surface area contributed by atoms with Gasteiger partial charge in [-0.15, -0.1) is 6.58 Å². The molecule has 2 heteroatoms. The Hall–Kier alpha value is -0.340. The van der Waals surface area contributed by atoms with E-state index in [1.54, 1.807) is 0 Å². The molecule has 12 heavy (non-hydrogen) atoms. The largest absolute Gasteiger partial charge is 0.380 e. The molecule has 1 rings (SSSR count). The van der Waals surface area contributed by atoms with Gasteiger partial charge in [-0.25, -0.2) is 0 Å². The molecule has 70 valence electrons. The van der Waals surface area contributed by atoms with E-state index in [2.05, 4.69) is 11.9 Å². The lowest BCUT2D eigenvalue weighted by Gasteiger charge is -2.03. The predicted molar refractivity (Wildman–Crippen MR) is 51.2 cm³/mol. The maximum absolute atomic E-state index is 5.45. The Morgan fingerprint density at radius 2 is 2.25 bits per heavy atom. The molecule has 1 N–H and O–H groups in total. The van der Waals surface area contributed by atoms with Crippen LogP contribution in [0.1, 0.15) is 19.3 Å². The van der Waals surface area contributed by atoms with Gasteiger partial charge in [-0.3, -0.25) is 0 Å². The van der Waals surface area contributed by atoms with E-state index in [-0.39, 0.29) is 0 Å². The number of hydrogen-bond donors (Lipinski definition) is 1. The van der Waals surface area contributed by atoms with E-state index in [1.165, 1.54) is 12.8 Å². The molecule has 0 aliphatic heterocycles. The van der Waals surface area contributed by atoms with Crippen LogP contribution in [0.3, 0.4) is 0 Å². The molecule has 0 amide bonds. The lowest BCUT2D eigenvalue weighted by Crippen LogP contribution is -2.20. The van der Waals surface area contributed by atoms with Gasteiger partial charge < -0.3 is 10.1 Å². The van der Waals surface area contributed by atoms with Crippen LogP contribution in [0, 0.1) is 5.92 Å². The number of rotatable bonds is 8. The summed E-state index contributed by atoms with van der Waals surface area (Å²) in [6.07, 6.45) is 5.73. The van der Waals surface area contributed by atoms with Gasteiger partial charge in [-0.1, -0.05) is 6.08 Å². The molecule has 0 aromatic carbocycles. The van der Waals surface area contributed by atoms with Gasteiger partial charge >= 0.3 is 0 Å². The van der Waals surface area contributed by atoms with Crippen molar-refractivity contribution in [3.05, 3.63) is 12.7 Å². The second-order valence-corrected chi connectivity index (χ2v) is 3.35. The fourth-order valence-corrected chi connectivity index (χ4v) is 1.01. The van der Waals surface area contributed by atoms with Gasteiger partial charge in [0.25, 0.3) is 0 Å². The van der Waals surface area contributed by atoms with Crippen molar-refractivity contribution in [2.24, 2.45) is 5.92 Å². The van der Waals surface area contributed by atoms with Crippen molar-refractivity contribution in [2.75, 3.05) is 26.3 Å². The van der Waals surface area contributed by atoms with E-state index in [0.717, 1.165) is 38.6 Å². The summed E-state index contributed by atoms with van der Waals surface area (Å²) in [5, 5.41) is 3.28. The average molecular weight is 169 g/mol. The first-order valence-corrected chi connectivity index (χ1v) is 4.83. The fraction of sp³-hybridized carbons (Fsp3) is 0.800. The smallest absolute Gasteiger partial charge is 0.0591 e. The maximum Gasteiger partial charge on any atom is 0.0591 e. The first kappa shape index (κ1) is 9.75. The van der Waals surface area contributed by atoms with E-state index in [9.17, 15) is 0 Å². The van der Waals surface area contributed by atoms with Crippen LogP contribution in [0.4, 0.5) is 0 Å². The molecule has 0 aromatic heterocycles. The Bertz CT molecular complexity index is 121. The lowest BCUT2D eigenvalue weighted by molar-refractivity contribution is 0.126. The molecule has 1 saturated carbocycles. The molecule has 1 fully saturated rings. The van der Waals surface area contributed by atoms with E-state index in [1.807, 2.05) is 6.08 Å². The minimum atomic E-state index is 0.855. The Kier molecular flexibility index (Phi) is 5.04. The van der Waals surface area contributed by atoms with Crippen LogP contribution in [-0.2, 0) is 4.74 Å². The van der Waals surface area contributed by atoms with E-state index in [0.29, 0.717) is 0 Å². The summed E-state index contributed by atoms with van der Waals surface area (Å²) in [5.41, 5.74) is 0. The van der Waals surface area contributed by atoms with E-state index >= 15 is 0 Å². The molecular weight excluding hydrogens is 150 g/mol. The summed E-state index contributed by atoms with van der Waals surface area (Å²) in [6, 6.07) is 0. The van der Waals surface area contributed by atoms with Crippen molar-refractivity contribution >= 4 is 0 Å². The molecule has 0 aromatic rings. The monoisotopic (exact) mass is 169 g/mol.